The average Bonchev–Trinajstić information content (AvgIpc) is 3.74. The van der Waals surface area contributed by atoms with E-state index in [1.807, 2.05) is 55.5 Å². The number of aryl methyl sites for hydroxylation is 1. The summed E-state index contributed by atoms with van der Waals surface area (Å²) in [4.78, 5) is 44.6. The second kappa shape index (κ2) is 14.0. The van der Waals surface area contributed by atoms with Gasteiger partial charge in [-0.25, -0.2) is 14.6 Å². The summed E-state index contributed by atoms with van der Waals surface area (Å²) in [5.41, 5.74) is 3.59. The van der Waals surface area contributed by atoms with Gasteiger partial charge in [0.05, 0.1) is 0 Å². The largest absolute Gasteiger partial charge is 0.519 e. The molecule has 0 fully saturated rings. The van der Waals surface area contributed by atoms with Gasteiger partial charge in [0.15, 0.2) is 29.0 Å². The highest BCUT2D eigenvalue weighted by atomic mass is 35.5. The van der Waals surface area contributed by atoms with Crippen LogP contribution in [-0.4, -0.2) is 47.3 Å². The highest BCUT2D eigenvalue weighted by Gasteiger charge is 2.26. The van der Waals surface area contributed by atoms with Gasteiger partial charge in [-0.15, -0.1) is 20.3 Å². The van der Waals surface area contributed by atoms with Crippen molar-refractivity contribution in [3.8, 4) is 22.5 Å². The van der Waals surface area contributed by atoms with E-state index in [9.17, 15) is 19.7 Å². The van der Waals surface area contributed by atoms with Gasteiger partial charge in [-0.3, -0.25) is 0 Å². The normalized spacial score (nSPS) is 11.8. The van der Waals surface area contributed by atoms with Crippen LogP contribution in [0.4, 0.5) is 0 Å². The Labute approximate surface area is 260 Å². The Morgan fingerprint density at radius 1 is 1.13 bits per heavy atom. The number of aromatic nitrogens is 6. The molecule has 0 radical (unpaired) electrons. The van der Waals surface area contributed by atoms with Gasteiger partial charge in [-0.05, 0) is 35.2 Å². The number of nitrogens with zero attached hydrogens (tertiary/aromatic N) is 6. The number of halogens is 1. The van der Waals surface area contributed by atoms with Gasteiger partial charge in [0.1, 0.15) is 11.9 Å². The number of ether oxygens (including phenoxy) is 1. The maximum absolute atomic E-state index is 13.4. The fraction of sp³-hybridized carbons (Fsp3) is 0.310. The molecule has 0 aliphatic heterocycles. The smallest absolute Gasteiger partial charge is 0.453 e. The Balaban J connectivity index is 1.37. The number of tetrazole rings is 1. The van der Waals surface area contributed by atoms with Crippen molar-refractivity contribution in [1.82, 2.24) is 30.2 Å². The fourth-order valence-corrected chi connectivity index (χ4v) is 5.06. The zero-order valence-electron chi connectivity index (χ0n) is 24.3. The van der Waals surface area contributed by atoms with Crippen molar-refractivity contribution in [2.24, 2.45) is 0 Å². The number of carbonyl (C=O) groups excluding carboxylic acids is 1. The van der Waals surface area contributed by atoms with E-state index in [1.165, 1.54) is 6.92 Å². The summed E-state index contributed by atoms with van der Waals surface area (Å²) in [5.74, 6) is -0.888. The van der Waals surface area contributed by atoms with Crippen LogP contribution in [0, 0.1) is 10.1 Å². The van der Waals surface area contributed by atoms with Crippen molar-refractivity contribution >= 4 is 17.6 Å². The second-order valence-electron chi connectivity index (χ2n) is 10.1. The zero-order valence-corrected chi connectivity index (χ0v) is 25.0. The summed E-state index contributed by atoms with van der Waals surface area (Å²) in [6, 6.07) is 15.5. The molecule has 2 aromatic carbocycles. The topological polar surface area (TPSA) is 194 Å². The molecule has 45 heavy (non-hydrogen) atoms. The lowest BCUT2D eigenvalue weighted by molar-refractivity contribution is -0.767. The van der Waals surface area contributed by atoms with Crippen molar-refractivity contribution in [2.45, 2.75) is 58.8 Å². The van der Waals surface area contributed by atoms with E-state index in [2.05, 4.69) is 30.4 Å². The maximum atomic E-state index is 13.4. The summed E-state index contributed by atoms with van der Waals surface area (Å²) < 4.78 is 17.2. The molecule has 15 nitrogen and oxygen atoms in total. The van der Waals surface area contributed by atoms with Crippen molar-refractivity contribution in [1.29, 1.82) is 0 Å². The van der Waals surface area contributed by atoms with Crippen LogP contribution in [0.15, 0.2) is 62.2 Å². The molecule has 5 aromatic rings. The minimum atomic E-state index is -1.04. The summed E-state index contributed by atoms with van der Waals surface area (Å²) in [6.07, 6.45) is 1.20. The van der Waals surface area contributed by atoms with E-state index in [0.29, 0.717) is 18.1 Å². The highest BCUT2D eigenvalue weighted by molar-refractivity contribution is 6.32. The lowest BCUT2D eigenvalue weighted by Crippen LogP contribution is -2.17. The first-order valence-electron chi connectivity index (χ1n) is 14.0. The number of H-pyrrole nitrogens is 1. The lowest BCUT2D eigenvalue weighted by Gasteiger charge is -2.13. The molecule has 5 rings (SSSR count). The first-order valence-corrected chi connectivity index (χ1v) is 14.4. The lowest BCUT2D eigenvalue weighted by atomic mass is 9.98. The SMILES string of the molecule is CCCCc1nc(Cl)c(C(=O)OCc2oc(=O)oc2CC(C)O[N+](=O)[O-])n1Cc1ccc(-c2ccccc2-c2nn[nH]n2)cc1. The summed E-state index contributed by atoms with van der Waals surface area (Å²) in [7, 11) is 0. The molecule has 1 N–H and O–H groups in total. The number of unbranched alkanes of at least 4 members (excludes halogenated alkanes) is 1. The first-order chi connectivity index (χ1) is 21.7. The molecule has 16 heteroatoms. The molecule has 0 aliphatic carbocycles. The van der Waals surface area contributed by atoms with Crippen molar-refractivity contribution in [3.63, 3.8) is 0 Å². The monoisotopic (exact) mass is 637 g/mol. The van der Waals surface area contributed by atoms with Crippen LogP contribution in [0.2, 0.25) is 5.15 Å². The van der Waals surface area contributed by atoms with Crippen molar-refractivity contribution in [3.05, 3.63) is 103 Å². The minimum absolute atomic E-state index is 0.0290. The maximum Gasteiger partial charge on any atom is 0.519 e. The van der Waals surface area contributed by atoms with E-state index in [1.54, 1.807) is 4.57 Å². The number of benzene rings is 2. The van der Waals surface area contributed by atoms with E-state index in [4.69, 9.17) is 25.2 Å². The zero-order chi connectivity index (χ0) is 31.9. The number of nitrogens with one attached hydrogen (secondary N) is 1. The Morgan fingerprint density at radius 2 is 1.87 bits per heavy atom. The van der Waals surface area contributed by atoms with Crippen molar-refractivity contribution < 1.29 is 28.3 Å². The van der Waals surface area contributed by atoms with Crippen LogP contribution in [0.5, 0.6) is 0 Å². The quantitative estimate of drug-likeness (QED) is 0.0992. The number of imidazole rings is 1. The Hall–Kier alpha value is -5.31. The molecule has 0 amide bonds. The number of esters is 1. The van der Waals surface area contributed by atoms with Gasteiger partial charge in [-0.1, -0.05) is 73.5 Å². The number of carbonyl (C=O) groups is 1. The van der Waals surface area contributed by atoms with Gasteiger partial charge in [0.25, 0.3) is 5.09 Å². The number of hydrogen-bond acceptors (Lipinski definition) is 12. The van der Waals surface area contributed by atoms with Crippen LogP contribution in [0.3, 0.4) is 0 Å². The third kappa shape index (κ3) is 7.44. The summed E-state index contributed by atoms with van der Waals surface area (Å²) in [6.45, 7) is 3.26. The average molecular weight is 638 g/mol. The first kappa shape index (κ1) is 31.1. The number of aromatic amines is 1. The molecular weight excluding hydrogens is 610 g/mol. The van der Waals surface area contributed by atoms with Gasteiger partial charge in [0, 0.05) is 24.9 Å². The Bertz CT molecular complexity index is 1830. The van der Waals surface area contributed by atoms with E-state index >= 15 is 0 Å². The molecule has 3 heterocycles. The predicted octanol–water partition coefficient (Wildman–Crippen LogP) is 4.82. The van der Waals surface area contributed by atoms with Gasteiger partial charge >= 0.3 is 11.8 Å². The molecule has 1 unspecified atom stereocenters. The van der Waals surface area contributed by atoms with Gasteiger partial charge in [0.2, 0.25) is 5.82 Å². The molecule has 1 atom stereocenters. The number of hydrogen-bond donors (Lipinski definition) is 1. The van der Waals surface area contributed by atoms with Gasteiger partial charge in [-0.2, -0.15) is 5.21 Å². The van der Waals surface area contributed by atoms with Crippen LogP contribution in [-0.2, 0) is 35.6 Å². The number of rotatable bonds is 14. The van der Waals surface area contributed by atoms with Crippen molar-refractivity contribution in [2.75, 3.05) is 0 Å². The molecule has 0 spiro atoms. The summed E-state index contributed by atoms with van der Waals surface area (Å²) >= 11 is 6.47. The van der Waals surface area contributed by atoms with Crippen LogP contribution < -0.4 is 5.82 Å². The molecule has 0 saturated heterocycles. The van der Waals surface area contributed by atoms with Crippen LogP contribution in [0.1, 0.15) is 60.1 Å². The standard InChI is InChI=1S/C29H28ClN7O8/c1-3-4-9-24-31-26(30)25(28(38)42-16-23-22(43-29(39)44-23)14-17(2)45-37(40)41)36(24)15-18-10-12-19(13-11-18)20-7-5-6-8-21(20)27-32-34-35-33-27/h5-8,10-13,17H,3-4,9,14-16H2,1-2H3,(H,32,33,34,35). The molecular formula is C29H28ClN7O8. The third-order valence-electron chi connectivity index (χ3n) is 6.87. The molecule has 3 aromatic heterocycles. The molecule has 0 aliphatic rings. The molecule has 234 valence electrons. The summed E-state index contributed by atoms with van der Waals surface area (Å²) in [5, 5.41) is 24.0. The van der Waals surface area contributed by atoms with Gasteiger partial charge < -0.3 is 23.0 Å². The van der Waals surface area contributed by atoms with E-state index in [-0.39, 0.29) is 35.3 Å². The fourth-order valence-electron chi connectivity index (χ4n) is 4.78. The second-order valence-corrected chi connectivity index (χ2v) is 10.4. The Kier molecular flexibility index (Phi) is 9.67. The minimum Gasteiger partial charge on any atom is -0.453 e. The van der Waals surface area contributed by atoms with E-state index < -0.39 is 29.6 Å². The molecule has 0 bridgehead atoms. The molecule has 0 saturated carbocycles. The predicted molar refractivity (Wildman–Crippen MR) is 158 cm³/mol. The van der Waals surface area contributed by atoms with E-state index in [0.717, 1.165) is 35.1 Å². The van der Waals surface area contributed by atoms with Crippen LogP contribution >= 0.6 is 11.6 Å². The highest BCUT2D eigenvalue weighted by Crippen LogP contribution is 2.30. The Morgan fingerprint density at radius 3 is 2.56 bits per heavy atom. The third-order valence-corrected chi connectivity index (χ3v) is 7.13. The van der Waals surface area contributed by atoms with Crippen LogP contribution in [0.25, 0.3) is 22.5 Å².